The lowest BCUT2D eigenvalue weighted by atomic mass is 10.2. The molecule has 0 spiro atoms. The van der Waals surface area contributed by atoms with Gasteiger partial charge in [-0.05, 0) is 30.3 Å². The van der Waals surface area contributed by atoms with E-state index < -0.39 is 28.4 Å². The van der Waals surface area contributed by atoms with Crippen molar-refractivity contribution < 1.29 is 22.3 Å². The number of esters is 1. The van der Waals surface area contributed by atoms with Crippen LogP contribution in [0.5, 0.6) is 0 Å². The number of rotatable bonds is 6. The largest absolute Gasteiger partial charge is 0.460 e. The maximum Gasteiger partial charge on any atom is 0.321 e. The normalized spacial score (nSPS) is 11.3. The zero-order chi connectivity index (χ0) is 17.7. The summed E-state index contributed by atoms with van der Waals surface area (Å²) < 4.78 is 43.9. The molecule has 1 N–H and O–H groups in total. The molecule has 0 saturated heterocycles. The highest BCUT2D eigenvalue weighted by atomic mass is 35.5. The third-order valence-electron chi connectivity index (χ3n) is 2.92. The molecule has 9 heteroatoms. The molecule has 0 bridgehead atoms. The Morgan fingerprint density at radius 1 is 1.17 bits per heavy atom. The molecule has 24 heavy (non-hydrogen) atoms. The standard InChI is InChI=1S/C15H12Cl2FNO4S/c16-11-5-4-10(14(17)6-11)9-23-15(20)8-19-24(21,22)13-3-1-2-12(18)7-13/h1-7,19H,8-9H2. The third-order valence-corrected chi connectivity index (χ3v) is 4.90. The van der Waals surface area contributed by atoms with Crippen LogP contribution in [0, 0.1) is 5.82 Å². The summed E-state index contributed by atoms with van der Waals surface area (Å²) in [6.45, 7) is -0.722. The third kappa shape index (κ3) is 5.17. The topological polar surface area (TPSA) is 72.5 Å². The maximum atomic E-state index is 13.1. The smallest absolute Gasteiger partial charge is 0.321 e. The summed E-state index contributed by atoms with van der Waals surface area (Å²) in [6.07, 6.45) is 0. The molecule has 0 amide bonds. The minimum Gasteiger partial charge on any atom is -0.460 e. The Morgan fingerprint density at radius 2 is 1.92 bits per heavy atom. The van der Waals surface area contributed by atoms with E-state index in [2.05, 4.69) is 0 Å². The molecule has 2 aromatic rings. The summed E-state index contributed by atoms with van der Waals surface area (Å²) in [7, 11) is -4.01. The van der Waals surface area contributed by atoms with E-state index in [9.17, 15) is 17.6 Å². The van der Waals surface area contributed by atoms with Crippen molar-refractivity contribution in [3.63, 3.8) is 0 Å². The van der Waals surface area contributed by atoms with E-state index in [0.29, 0.717) is 15.6 Å². The summed E-state index contributed by atoms with van der Waals surface area (Å²) >= 11 is 11.7. The first-order valence-corrected chi connectivity index (χ1v) is 8.86. The lowest BCUT2D eigenvalue weighted by Gasteiger charge is -2.09. The predicted molar refractivity (Wildman–Crippen MR) is 87.8 cm³/mol. The van der Waals surface area contributed by atoms with E-state index in [0.717, 1.165) is 12.1 Å². The van der Waals surface area contributed by atoms with Gasteiger partial charge in [0.2, 0.25) is 10.0 Å². The molecule has 0 radical (unpaired) electrons. The molecular formula is C15H12Cl2FNO4S. The number of hydrogen-bond acceptors (Lipinski definition) is 4. The van der Waals surface area contributed by atoms with Gasteiger partial charge in [-0.2, -0.15) is 4.72 Å². The Kier molecular flexibility index (Phi) is 6.17. The molecular weight excluding hydrogens is 380 g/mol. The van der Waals surface area contributed by atoms with E-state index in [4.69, 9.17) is 27.9 Å². The van der Waals surface area contributed by atoms with Crippen molar-refractivity contribution in [2.24, 2.45) is 0 Å². The first kappa shape index (κ1) is 18.7. The molecule has 0 saturated carbocycles. The molecule has 5 nitrogen and oxygen atoms in total. The average molecular weight is 392 g/mol. The van der Waals surface area contributed by atoms with Gasteiger partial charge in [-0.3, -0.25) is 4.79 Å². The lowest BCUT2D eigenvalue weighted by molar-refractivity contribution is -0.143. The van der Waals surface area contributed by atoms with Crippen LogP contribution in [-0.2, 0) is 26.2 Å². The number of carbonyl (C=O) groups excluding carboxylic acids is 1. The van der Waals surface area contributed by atoms with Crippen LogP contribution in [0.15, 0.2) is 47.4 Å². The number of nitrogens with one attached hydrogen (secondary N) is 1. The lowest BCUT2D eigenvalue weighted by Crippen LogP contribution is -2.30. The number of halogens is 3. The van der Waals surface area contributed by atoms with Gasteiger partial charge in [0.15, 0.2) is 0 Å². The van der Waals surface area contributed by atoms with Gasteiger partial charge in [-0.25, -0.2) is 12.8 Å². The van der Waals surface area contributed by atoms with Crippen molar-refractivity contribution in [3.8, 4) is 0 Å². The highest BCUT2D eigenvalue weighted by molar-refractivity contribution is 7.89. The molecule has 0 aromatic heterocycles. The van der Waals surface area contributed by atoms with Gasteiger partial charge in [0, 0.05) is 15.6 Å². The number of hydrogen-bond donors (Lipinski definition) is 1. The van der Waals surface area contributed by atoms with Crippen LogP contribution in [0.1, 0.15) is 5.56 Å². The highest BCUT2D eigenvalue weighted by Gasteiger charge is 2.17. The fraction of sp³-hybridized carbons (Fsp3) is 0.133. The minimum atomic E-state index is -4.01. The van der Waals surface area contributed by atoms with Gasteiger partial charge < -0.3 is 4.74 Å². The molecule has 2 rings (SSSR count). The van der Waals surface area contributed by atoms with Crippen LogP contribution in [0.3, 0.4) is 0 Å². The highest BCUT2D eigenvalue weighted by Crippen LogP contribution is 2.21. The van der Waals surface area contributed by atoms with Gasteiger partial charge in [0.25, 0.3) is 0 Å². The van der Waals surface area contributed by atoms with E-state index in [1.54, 1.807) is 12.1 Å². The maximum absolute atomic E-state index is 13.1. The van der Waals surface area contributed by atoms with Crippen LogP contribution in [0.25, 0.3) is 0 Å². The second-order valence-electron chi connectivity index (χ2n) is 4.68. The molecule has 0 fully saturated rings. The van der Waals surface area contributed by atoms with Crippen molar-refractivity contribution in [2.45, 2.75) is 11.5 Å². The molecule has 0 aliphatic carbocycles. The summed E-state index contributed by atoms with van der Waals surface area (Å²) in [5.41, 5.74) is 0.530. The van der Waals surface area contributed by atoms with Gasteiger partial charge in [-0.1, -0.05) is 35.3 Å². The second kappa shape index (κ2) is 7.94. The molecule has 0 aliphatic rings. The molecule has 0 unspecified atom stereocenters. The van der Waals surface area contributed by atoms with Gasteiger partial charge in [0.05, 0.1) is 4.90 Å². The fourth-order valence-corrected chi connectivity index (χ4v) is 3.18. The number of sulfonamides is 1. The molecule has 0 aliphatic heterocycles. The van der Waals surface area contributed by atoms with Crippen LogP contribution < -0.4 is 4.72 Å². The Labute approximate surface area is 148 Å². The van der Waals surface area contributed by atoms with Crippen molar-refractivity contribution in [1.29, 1.82) is 0 Å². The van der Waals surface area contributed by atoms with Crippen molar-refractivity contribution in [3.05, 3.63) is 63.9 Å². The van der Waals surface area contributed by atoms with E-state index in [1.807, 2.05) is 4.72 Å². The first-order valence-electron chi connectivity index (χ1n) is 6.63. The molecule has 128 valence electrons. The van der Waals surface area contributed by atoms with Crippen LogP contribution in [0.2, 0.25) is 10.0 Å². The minimum absolute atomic E-state index is 0.128. The quantitative estimate of drug-likeness (QED) is 0.767. The Hall–Kier alpha value is -1.67. The summed E-state index contributed by atoms with van der Waals surface area (Å²) in [5, 5.41) is 0.772. The van der Waals surface area contributed by atoms with Crippen molar-refractivity contribution in [2.75, 3.05) is 6.54 Å². The van der Waals surface area contributed by atoms with Crippen LogP contribution in [-0.4, -0.2) is 20.9 Å². The zero-order valence-corrected chi connectivity index (χ0v) is 14.5. The summed E-state index contributed by atoms with van der Waals surface area (Å²) in [6, 6.07) is 9.11. The molecule has 0 atom stereocenters. The van der Waals surface area contributed by atoms with E-state index >= 15 is 0 Å². The second-order valence-corrected chi connectivity index (χ2v) is 7.29. The van der Waals surface area contributed by atoms with E-state index in [1.165, 1.54) is 18.2 Å². The SMILES string of the molecule is O=C(CNS(=O)(=O)c1cccc(F)c1)OCc1ccc(Cl)cc1Cl. The molecule has 2 aromatic carbocycles. The number of ether oxygens (including phenoxy) is 1. The van der Waals surface area contributed by atoms with Gasteiger partial charge >= 0.3 is 5.97 Å². The van der Waals surface area contributed by atoms with Crippen LogP contribution >= 0.6 is 23.2 Å². The van der Waals surface area contributed by atoms with Crippen molar-refractivity contribution >= 4 is 39.2 Å². The van der Waals surface area contributed by atoms with Crippen molar-refractivity contribution in [1.82, 2.24) is 4.72 Å². The molecule has 0 heterocycles. The zero-order valence-electron chi connectivity index (χ0n) is 12.1. The monoisotopic (exact) mass is 391 g/mol. The summed E-state index contributed by atoms with van der Waals surface area (Å²) in [5.74, 6) is -1.50. The Balaban J connectivity index is 1.91. The average Bonchev–Trinajstić information content (AvgIpc) is 2.52. The summed E-state index contributed by atoms with van der Waals surface area (Å²) in [4.78, 5) is 11.4. The Morgan fingerprint density at radius 3 is 2.58 bits per heavy atom. The van der Waals surface area contributed by atoms with E-state index in [-0.39, 0.29) is 11.5 Å². The number of benzene rings is 2. The number of carbonyl (C=O) groups is 1. The Bertz CT molecular complexity index is 858. The fourth-order valence-electron chi connectivity index (χ4n) is 1.72. The predicted octanol–water partition coefficient (Wildman–Crippen LogP) is 3.15. The first-order chi connectivity index (χ1) is 11.3. The van der Waals surface area contributed by atoms with Gasteiger partial charge in [-0.15, -0.1) is 0 Å². The van der Waals surface area contributed by atoms with Gasteiger partial charge in [0.1, 0.15) is 19.0 Å². The van der Waals surface area contributed by atoms with Crippen LogP contribution in [0.4, 0.5) is 4.39 Å².